The van der Waals surface area contributed by atoms with Crippen LogP contribution in [0.5, 0.6) is 0 Å². The SMILES string of the molecule is C=CC[n+]1ccn(C2=C(NS(=O)(=O)c3ccc(NC(C)=O)cc3)C(=O)c3ccccc3C2=O)c1. The van der Waals surface area contributed by atoms with E-state index >= 15 is 0 Å². The number of nitrogens with zero attached hydrogens (tertiary/aromatic N) is 2. The lowest BCUT2D eigenvalue weighted by Crippen LogP contribution is -2.35. The summed E-state index contributed by atoms with van der Waals surface area (Å²) in [6, 6.07) is 11.7. The molecule has 0 radical (unpaired) electrons. The molecule has 10 heteroatoms. The van der Waals surface area contributed by atoms with Crippen LogP contribution in [-0.4, -0.2) is 30.5 Å². The fraction of sp³-hybridized carbons (Fsp3) is 0.0833. The van der Waals surface area contributed by atoms with Crippen LogP contribution >= 0.6 is 0 Å². The minimum atomic E-state index is -4.24. The van der Waals surface area contributed by atoms with Gasteiger partial charge < -0.3 is 5.32 Å². The number of imidazole rings is 1. The van der Waals surface area contributed by atoms with Crippen molar-refractivity contribution in [3.05, 3.63) is 96.7 Å². The van der Waals surface area contributed by atoms with Gasteiger partial charge in [-0.05, 0) is 24.3 Å². The van der Waals surface area contributed by atoms with E-state index in [1.54, 1.807) is 41.5 Å². The van der Waals surface area contributed by atoms with Gasteiger partial charge in [0.1, 0.15) is 24.6 Å². The summed E-state index contributed by atoms with van der Waals surface area (Å²) < 4.78 is 31.8. The van der Waals surface area contributed by atoms with E-state index in [9.17, 15) is 22.8 Å². The number of carbonyl (C=O) groups is 3. The number of rotatable bonds is 7. The zero-order chi connectivity index (χ0) is 24.5. The highest BCUT2D eigenvalue weighted by molar-refractivity contribution is 7.89. The highest BCUT2D eigenvalue weighted by atomic mass is 32.2. The summed E-state index contributed by atoms with van der Waals surface area (Å²) in [6.45, 7) is 5.47. The largest absolute Gasteiger partial charge is 0.326 e. The van der Waals surface area contributed by atoms with Crippen molar-refractivity contribution in [2.75, 3.05) is 5.32 Å². The topological polar surface area (TPSA) is 118 Å². The zero-order valence-corrected chi connectivity index (χ0v) is 19.0. The van der Waals surface area contributed by atoms with Crippen molar-refractivity contribution in [2.45, 2.75) is 18.4 Å². The Bertz CT molecular complexity index is 1470. The second-order valence-electron chi connectivity index (χ2n) is 7.54. The maximum atomic E-state index is 13.4. The lowest BCUT2D eigenvalue weighted by Gasteiger charge is -2.19. The number of carbonyl (C=O) groups excluding carboxylic acids is 3. The lowest BCUT2D eigenvalue weighted by atomic mass is 9.90. The average Bonchev–Trinajstić information content (AvgIpc) is 3.25. The number of hydrogen-bond acceptors (Lipinski definition) is 5. The maximum absolute atomic E-state index is 13.4. The van der Waals surface area contributed by atoms with Crippen molar-refractivity contribution in [1.29, 1.82) is 0 Å². The molecule has 2 N–H and O–H groups in total. The standard InChI is InChI=1S/C24H20N4O5S/c1-3-12-27-13-14-28(15-27)22-21(23(30)19-6-4-5-7-20(19)24(22)31)26-34(32,33)18-10-8-17(9-11-18)25-16(2)29/h3-11,13-15H,1,12H2,2H3,(H-,25,26,29,31)/p+1. The summed E-state index contributed by atoms with van der Waals surface area (Å²) in [7, 11) is -4.24. The molecule has 1 aliphatic carbocycles. The second-order valence-corrected chi connectivity index (χ2v) is 9.23. The predicted octanol–water partition coefficient (Wildman–Crippen LogP) is 2.15. The number of benzene rings is 2. The number of Topliss-reactive ketones (excluding diaryl/α,β-unsaturated/α-hetero) is 2. The molecule has 0 fully saturated rings. The summed E-state index contributed by atoms with van der Waals surface area (Å²) in [5, 5.41) is 2.55. The summed E-state index contributed by atoms with van der Waals surface area (Å²) >= 11 is 0. The van der Waals surface area contributed by atoms with E-state index in [1.165, 1.54) is 47.9 Å². The summed E-state index contributed by atoms with van der Waals surface area (Å²) in [5.41, 5.74) is 0.263. The molecular weight excluding hydrogens is 456 g/mol. The molecule has 0 aliphatic heterocycles. The smallest absolute Gasteiger partial charge is 0.262 e. The molecule has 2 aromatic carbocycles. The van der Waals surface area contributed by atoms with Gasteiger partial charge in [-0.1, -0.05) is 36.9 Å². The Balaban J connectivity index is 1.80. The third kappa shape index (κ3) is 4.30. The normalized spacial score (nSPS) is 13.4. The van der Waals surface area contributed by atoms with Crippen molar-refractivity contribution in [3.63, 3.8) is 0 Å². The first-order valence-corrected chi connectivity index (χ1v) is 11.7. The van der Waals surface area contributed by atoms with Gasteiger partial charge in [0.15, 0.2) is 0 Å². The third-order valence-corrected chi connectivity index (χ3v) is 6.47. The first-order valence-electron chi connectivity index (χ1n) is 10.2. The molecule has 3 aromatic rings. The van der Waals surface area contributed by atoms with E-state index in [4.69, 9.17) is 0 Å². The maximum Gasteiger partial charge on any atom is 0.262 e. The van der Waals surface area contributed by atoms with Crippen LogP contribution in [0.25, 0.3) is 5.70 Å². The van der Waals surface area contributed by atoms with Gasteiger partial charge in [0, 0.05) is 23.7 Å². The molecule has 4 rings (SSSR count). The number of hydrogen-bond donors (Lipinski definition) is 2. The monoisotopic (exact) mass is 477 g/mol. The number of ketones is 2. The first kappa shape index (κ1) is 22.9. The Morgan fingerprint density at radius 2 is 1.71 bits per heavy atom. The molecule has 1 heterocycles. The summed E-state index contributed by atoms with van der Waals surface area (Å²) in [6.07, 6.45) is 6.48. The van der Waals surface area contributed by atoms with Crippen molar-refractivity contribution < 1.29 is 27.4 Å². The van der Waals surface area contributed by atoms with Crippen molar-refractivity contribution in [2.24, 2.45) is 0 Å². The van der Waals surface area contributed by atoms with E-state index in [1.807, 2.05) is 0 Å². The summed E-state index contributed by atoms with van der Waals surface area (Å²) in [5.74, 6) is -1.41. The Morgan fingerprint density at radius 1 is 1.06 bits per heavy atom. The van der Waals surface area contributed by atoms with Crippen molar-refractivity contribution in [1.82, 2.24) is 9.29 Å². The van der Waals surface area contributed by atoms with Gasteiger partial charge in [-0.2, -0.15) is 4.57 Å². The van der Waals surface area contributed by atoms with E-state index in [2.05, 4.69) is 16.6 Å². The highest BCUT2D eigenvalue weighted by Gasteiger charge is 2.38. The molecule has 1 aliphatic rings. The van der Waals surface area contributed by atoms with Crippen molar-refractivity contribution >= 4 is 38.9 Å². The number of nitrogens with one attached hydrogen (secondary N) is 2. The Morgan fingerprint density at radius 3 is 2.32 bits per heavy atom. The van der Waals surface area contributed by atoms with Crippen molar-refractivity contribution in [3.8, 4) is 0 Å². The average molecular weight is 478 g/mol. The molecule has 0 atom stereocenters. The van der Waals surface area contributed by atoms with Crippen LogP contribution in [0.3, 0.4) is 0 Å². The second kappa shape index (κ2) is 8.91. The molecule has 172 valence electrons. The molecule has 34 heavy (non-hydrogen) atoms. The van der Waals surface area contributed by atoms with Gasteiger partial charge in [-0.25, -0.2) is 13.0 Å². The van der Waals surface area contributed by atoms with Gasteiger partial charge in [-0.3, -0.25) is 19.1 Å². The van der Waals surface area contributed by atoms with E-state index < -0.39 is 21.6 Å². The van der Waals surface area contributed by atoms with Gasteiger partial charge in [0.2, 0.25) is 29.5 Å². The number of aromatic nitrogens is 2. The molecule has 0 spiro atoms. The number of fused-ring (bicyclic) bond motifs is 1. The first-order chi connectivity index (χ1) is 16.2. The molecule has 1 aromatic heterocycles. The number of anilines is 1. The minimum Gasteiger partial charge on any atom is -0.326 e. The van der Waals surface area contributed by atoms with Crippen LogP contribution < -0.4 is 14.6 Å². The van der Waals surface area contributed by atoms with E-state index in [0.717, 1.165) is 0 Å². The quantitative estimate of drug-likeness (QED) is 0.399. The number of allylic oxidation sites excluding steroid dienone is 3. The fourth-order valence-corrected chi connectivity index (χ4v) is 4.67. The van der Waals surface area contributed by atoms with Crippen LogP contribution in [0.1, 0.15) is 27.6 Å². The third-order valence-electron chi connectivity index (χ3n) is 5.11. The van der Waals surface area contributed by atoms with Crippen LogP contribution in [0.4, 0.5) is 5.69 Å². The molecule has 0 unspecified atom stereocenters. The zero-order valence-electron chi connectivity index (χ0n) is 18.2. The lowest BCUT2D eigenvalue weighted by molar-refractivity contribution is -0.686. The molecule has 0 bridgehead atoms. The van der Waals surface area contributed by atoms with Gasteiger partial charge >= 0.3 is 0 Å². The van der Waals surface area contributed by atoms with Crippen LogP contribution in [0, 0.1) is 0 Å². The molecular formula is C24H21N4O5S+. The van der Waals surface area contributed by atoms with Crippen LogP contribution in [-0.2, 0) is 21.4 Å². The van der Waals surface area contributed by atoms with Gasteiger partial charge in [-0.15, -0.1) is 0 Å². The Kier molecular flexibility index (Phi) is 5.99. The predicted molar refractivity (Wildman–Crippen MR) is 124 cm³/mol. The Hall–Kier alpha value is -4.31. The molecule has 0 saturated carbocycles. The van der Waals surface area contributed by atoms with Gasteiger partial charge in [0.25, 0.3) is 10.0 Å². The Labute approximate surface area is 196 Å². The molecule has 1 amide bonds. The molecule has 9 nitrogen and oxygen atoms in total. The van der Waals surface area contributed by atoms with E-state index in [0.29, 0.717) is 12.2 Å². The number of sulfonamides is 1. The summed E-state index contributed by atoms with van der Waals surface area (Å²) in [4.78, 5) is 37.8. The number of amides is 1. The van der Waals surface area contributed by atoms with Gasteiger partial charge in [0.05, 0.1) is 4.90 Å². The van der Waals surface area contributed by atoms with Crippen LogP contribution in [0.2, 0.25) is 0 Å². The molecule has 0 saturated heterocycles. The van der Waals surface area contributed by atoms with Crippen LogP contribution in [0.15, 0.2) is 90.5 Å². The van der Waals surface area contributed by atoms with E-state index in [-0.39, 0.29) is 33.3 Å². The fourth-order valence-electron chi connectivity index (χ4n) is 3.60. The minimum absolute atomic E-state index is 0.107. The highest BCUT2D eigenvalue weighted by Crippen LogP contribution is 2.29.